The Morgan fingerprint density at radius 3 is 2.68 bits per heavy atom. The van der Waals surface area contributed by atoms with E-state index in [1.54, 1.807) is 12.1 Å². The van der Waals surface area contributed by atoms with E-state index in [9.17, 15) is 8.42 Å². The van der Waals surface area contributed by atoms with Gasteiger partial charge in [-0.2, -0.15) is 8.42 Å². The first kappa shape index (κ1) is 14.4. The standard InChI is InChI=1S/C11H9BrClNO4S/c12-9-3-1-7(13)5-10(9)14-19(16,17)11-4-2-8(6-15)18-11/h1-5,14-15H,6H2. The maximum Gasteiger partial charge on any atom is 0.295 e. The number of sulfonamides is 1. The SMILES string of the molecule is O=S(=O)(Nc1cc(Cl)ccc1Br)c1ccc(CO)o1. The molecule has 0 spiro atoms. The van der Waals surface area contributed by atoms with Crippen LogP contribution in [-0.4, -0.2) is 13.5 Å². The second-order valence-electron chi connectivity index (χ2n) is 3.61. The topological polar surface area (TPSA) is 79.5 Å². The molecule has 0 aliphatic heterocycles. The van der Waals surface area contributed by atoms with Gasteiger partial charge in [-0.05, 0) is 46.3 Å². The molecule has 8 heteroatoms. The molecule has 5 nitrogen and oxygen atoms in total. The van der Waals surface area contributed by atoms with Crippen LogP contribution in [0.4, 0.5) is 5.69 Å². The number of aliphatic hydroxyl groups excluding tert-OH is 1. The van der Waals surface area contributed by atoms with E-state index < -0.39 is 10.0 Å². The van der Waals surface area contributed by atoms with Crippen molar-refractivity contribution in [2.24, 2.45) is 0 Å². The molecule has 0 aliphatic carbocycles. The van der Waals surface area contributed by atoms with Crippen LogP contribution in [-0.2, 0) is 16.6 Å². The van der Waals surface area contributed by atoms with Crippen LogP contribution in [0.1, 0.15) is 5.76 Å². The molecule has 1 aromatic heterocycles. The summed E-state index contributed by atoms with van der Waals surface area (Å²) in [6, 6.07) is 7.38. The van der Waals surface area contributed by atoms with Gasteiger partial charge in [0.05, 0.1) is 5.69 Å². The molecule has 102 valence electrons. The fraction of sp³-hybridized carbons (Fsp3) is 0.0909. The highest BCUT2D eigenvalue weighted by molar-refractivity contribution is 9.10. The number of hydrogen-bond acceptors (Lipinski definition) is 4. The number of nitrogens with one attached hydrogen (secondary N) is 1. The van der Waals surface area contributed by atoms with E-state index in [0.717, 1.165) is 0 Å². The van der Waals surface area contributed by atoms with Gasteiger partial charge in [-0.3, -0.25) is 4.72 Å². The van der Waals surface area contributed by atoms with Crippen LogP contribution in [0.25, 0.3) is 0 Å². The Morgan fingerprint density at radius 2 is 2.05 bits per heavy atom. The van der Waals surface area contributed by atoms with Gasteiger partial charge in [-0.15, -0.1) is 0 Å². The molecule has 0 amide bonds. The summed E-state index contributed by atoms with van der Waals surface area (Å²) in [4.78, 5) is 0. The molecule has 0 fully saturated rings. The molecule has 2 rings (SSSR count). The van der Waals surface area contributed by atoms with Gasteiger partial charge in [0.25, 0.3) is 10.0 Å². The highest BCUT2D eigenvalue weighted by Crippen LogP contribution is 2.28. The number of hydrogen-bond donors (Lipinski definition) is 2. The number of anilines is 1. The van der Waals surface area contributed by atoms with E-state index in [1.807, 2.05) is 0 Å². The average Bonchev–Trinajstić information content (AvgIpc) is 2.83. The Hall–Kier alpha value is -1.02. The number of benzene rings is 1. The Morgan fingerprint density at radius 1 is 1.32 bits per heavy atom. The van der Waals surface area contributed by atoms with Crippen molar-refractivity contribution in [1.82, 2.24) is 0 Å². The van der Waals surface area contributed by atoms with Crippen molar-refractivity contribution in [3.63, 3.8) is 0 Å². The molecular formula is C11H9BrClNO4S. The van der Waals surface area contributed by atoms with Crippen molar-refractivity contribution >= 4 is 43.2 Å². The maximum atomic E-state index is 12.0. The highest BCUT2D eigenvalue weighted by atomic mass is 79.9. The molecule has 2 N–H and O–H groups in total. The zero-order chi connectivity index (χ0) is 14.0. The van der Waals surface area contributed by atoms with Crippen molar-refractivity contribution in [3.05, 3.63) is 45.6 Å². The summed E-state index contributed by atoms with van der Waals surface area (Å²) < 4.78 is 32.0. The van der Waals surface area contributed by atoms with Crippen LogP contribution in [0.15, 0.2) is 44.3 Å². The largest absolute Gasteiger partial charge is 0.445 e. The molecule has 2 aromatic rings. The van der Waals surface area contributed by atoms with Crippen LogP contribution < -0.4 is 4.72 Å². The maximum absolute atomic E-state index is 12.0. The Kier molecular flexibility index (Phi) is 4.19. The van der Waals surface area contributed by atoms with Crippen molar-refractivity contribution in [2.45, 2.75) is 11.7 Å². The molecule has 19 heavy (non-hydrogen) atoms. The average molecular weight is 367 g/mol. The molecule has 0 saturated heterocycles. The lowest BCUT2D eigenvalue weighted by Crippen LogP contribution is -2.12. The van der Waals surface area contributed by atoms with E-state index in [4.69, 9.17) is 21.1 Å². The third-order valence-corrected chi connectivity index (χ3v) is 4.39. The zero-order valence-electron chi connectivity index (χ0n) is 9.43. The summed E-state index contributed by atoms with van der Waals surface area (Å²) in [5.74, 6) is 0.172. The summed E-state index contributed by atoms with van der Waals surface area (Å²) in [6.07, 6.45) is 0. The van der Waals surface area contributed by atoms with Gasteiger partial charge in [-0.25, -0.2) is 0 Å². The number of furan rings is 1. The quantitative estimate of drug-likeness (QED) is 0.872. The Balaban J connectivity index is 2.33. The van der Waals surface area contributed by atoms with Gasteiger partial charge in [0.1, 0.15) is 12.4 Å². The predicted octanol–water partition coefficient (Wildman–Crippen LogP) is 2.99. The second kappa shape index (κ2) is 5.54. The lowest BCUT2D eigenvalue weighted by atomic mass is 10.3. The molecule has 1 aromatic carbocycles. The number of aliphatic hydroxyl groups is 1. The Bertz CT molecular complexity index is 698. The second-order valence-corrected chi connectivity index (χ2v) is 6.51. The summed E-state index contributed by atoms with van der Waals surface area (Å²) in [7, 11) is -3.86. The predicted molar refractivity (Wildman–Crippen MR) is 74.6 cm³/mol. The molecule has 1 heterocycles. The summed E-state index contributed by atoms with van der Waals surface area (Å²) in [5.41, 5.74) is 0.300. The molecule has 0 saturated carbocycles. The van der Waals surface area contributed by atoms with Crippen LogP contribution in [0, 0.1) is 0 Å². The third kappa shape index (κ3) is 3.30. The third-order valence-electron chi connectivity index (χ3n) is 2.23. The molecule has 0 unspecified atom stereocenters. The van der Waals surface area contributed by atoms with Gasteiger partial charge in [0, 0.05) is 9.50 Å². The molecular weight excluding hydrogens is 358 g/mol. The van der Waals surface area contributed by atoms with E-state index in [-0.39, 0.29) is 17.5 Å². The lowest BCUT2D eigenvalue weighted by molar-refractivity contribution is 0.236. The highest BCUT2D eigenvalue weighted by Gasteiger charge is 2.20. The molecule has 0 aliphatic rings. The fourth-order valence-corrected chi connectivity index (χ4v) is 3.03. The van der Waals surface area contributed by atoms with Gasteiger partial charge in [0.2, 0.25) is 5.09 Å². The fourth-order valence-electron chi connectivity index (χ4n) is 1.36. The summed E-state index contributed by atoms with van der Waals surface area (Å²) in [5, 5.41) is 8.98. The van der Waals surface area contributed by atoms with Crippen molar-refractivity contribution in [3.8, 4) is 0 Å². The van der Waals surface area contributed by atoms with Crippen molar-refractivity contribution < 1.29 is 17.9 Å². The summed E-state index contributed by atoms with van der Waals surface area (Å²) in [6.45, 7) is -0.365. The minimum absolute atomic E-state index is 0.172. The van der Waals surface area contributed by atoms with E-state index >= 15 is 0 Å². The number of rotatable bonds is 4. The number of halogens is 2. The van der Waals surface area contributed by atoms with Crippen LogP contribution >= 0.6 is 27.5 Å². The van der Waals surface area contributed by atoms with E-state index in [1.165, 1.54) is 18.2 Å². The van der Waals surface area contributed by atoms with Crippen molar-refractivity contribution in [1.29, 1.82) is 0 Å². The zero-order valence-corrected chi connectivity index (χ0v) is 12.6. The van der Waals surface area contributed by atoms with Crippen LogP contribution in [0.5, 0.6) is 0 Å². The van der Waals surface area contributed by atoms with E-state index in [0.29, 0.717) is 15.2 Å². The monoisotopic (exact) mass is 365 g/mol. The molecule has 0 radical (unpaired) electrons. The lowest BCUT2D eigenvalue weighted by Gasteiger charge is -2.08. The first-order chi connectivity index (χ1) is 8.92. The van der Waals surface area contributed by atoms with E-state index in [2.05, 4.69) is 20.7 Å². The smallest absolute Gasteiger partial charge is 0.295 e. The van der Waals surface area contributed by atoms with Crippen LogP contribution in [0.3, 0.4) is 0 Å². The normalized spacial score (nSPS) is 11.5. The van der Waals surface area contributed by atoms with Crippen molar-refractivity contribution in [2.75, 3.05) is 4.72 Å². The summed E-state index contributed by atoms with van der Waals surface area (Å²) >= 11 is 9.02. The minimum atomic E-state index is -3.86. The van der Waals surface area contributed by atoms with Gasteiger partial charge < -0.3 is 9.52 Å². The minimum Gasteiger partial charge on any atom is -0.445 e. The molecule has 0 atom stereocenters. The first-order valence-corrected chi connectivity index (χ1v) is 7.75. The van der Waals surface area contributed by atoms with Gasteiger partial charge in [-0.1, -0.05) is 11.6 Å². The van der Waals surface area contributed by atoms with Crippen LogP contribution in [0.2, 0.25) is 5.02 Å². The molecule has 0 bridgehead atoms. The Labute approximate surface area is 123 Å². The first-order valence-electron chi connectivity index (χ1n) is 5.10. The van der Waals surface area contributed by atoms with Gasteiger partial charge in [0.15, 0.2) is 0 Å². The van der Waals surface area contributed by atoms with Gasteiger partial charge >= 0.3 is 0 Å².